The maximum Gasteiger partial charge on any atom is 0.168 e. The lowest BCUT2D eigenvalue weighted by atomic mass is 9.98. The molecule has 0 bridgehead atoms. The van der Waals surface area contributed by atoms with Crippen molar-refractivity contribution in [2.24, 2.45) is 5.73 Å². The third kappa shape index (κ3) is 3.18. The Morgan fingerprint density at radius 1 is 1.26 bits per heavy atom. The first-order valence-electron chi connectivity index (χ1n) is 6.62. The Morgan fingerprint density at radius 3 is 2.58 bits per heavy atom. The molecule has 2 N–H and O–H groups in total. The van der Waals surface area contributed by atoms with Gasteiger partial charge in [-0.2, -0.15) is 0 Å². The molecule has 0 fully saturated rings. The van der Waals surface area contributed by atoms with Crippen molar-refractivity contribution in [3.63, 3.8) is 0 Å². The summed E-state index contributed by atoms with van der Waals surface area (Å²) in [5.41, 5.74) is 8.32. The van der Waals surface area contributed by atoms with Gasteiger partial charge in [-0.05, 0) is 48.2 Å². The van der Waals surface area contributed by atoms with E-state index in [-0.39, 0.29) is 6.10 Å². The van der Waals surface area contributed by atoms with Crippen molar-refractivity contribution >= 4 is 0 Å². The van der Waals surface area contributed by atoms with Crippen LogP contribution in [0.15, 0.2) is 41.0 Å². The molecular weight excluding hydrogens is 238 g/mol. The molecule has 3 heteroatoms. The van der Waals surface area contributed by atoms with Crippen LogP contribution in [0.2, 0.25) is 0 Å². The van der Waals surface area contributed by atoms with E-state index in [4.69, 9.17) is 14.9 Å². The van der Waals surface area contributed by atoms with E-state index in [0.717, 1.165) is 11.5 Å². The van der Waals surface area contributed by atoms with Gasteiger partial charge in [0.05, 0.1) is 6.26 Å². The largest absolute Gasteiger partial charge is 0.481 e. The van der Waals surface area contributed by atoms with E-state index in [1.54, 1.807) is 6.26 Å². The Bertz CT molecular complexity index is 518. The van der Waals surface area contributed by atoms with Crippen LogP contribution in [0.5, 0.6) is 5.75 Å². The first kappa shape index (κ1) is 13.7. The number of benzene rings is 1. The van der Waals surface area contributed by atoms with E-state index in [1.807, 2.05) is 18.2 Å². The summed E-state index contributed by atoms with van der Waals surface area (Å²) in [5.74, 6) is 2.10. The van der Waals surface area contributed by atoms with Gasteiger partial charge in [-0.15, -0.1) is 0 Å². The minimum Gasteiger partial charge on any atom is -0.481 e. The summed E-state index contributed by atoms with van der Waals surface area (Å²) in [6, 6.07) is 9.89. The highest BCUT2D eigenvalue weighted by molar-refractivity contribution is 5.36. The molecule has 1 heterocycles. The summed E-state index contributed by atoms with van der Waals surface area (Å²) in [6.07, 6.45) is 1.40. The number of aryl methyl sites for hydroxylation is 1. The summed E-state index contributed by atoms with van der Waals surface area (Å²) >= 11 is 0. The summed E-state index contributed by atoms with van der Waals surface area (Å²) in [4.78, 5) is 0. The van der Waals surface area contributed by atoms with Crippen LogP contribution in [0.25, 0.3) is 0 Å². The summed E-state index contributed by atoms with van der Waals surface area (Å²) in [5, 5.41) is 0. The standard InChI is InChI=1S/C16H21NO2/c1-11(2)14-7-6-13(9-12(14)3)19-16(10-17)15-5-4-8-18-15/h4-9,11,16H,10,17H2,1-3H3. The lowest BCUT2D eigenvalue weighted by Crippen LogP contribution is -2.18. The van der Waals surface area contributed by atoms with Gasteiger partial charge in [0.1, 0.15) is 11.5 Å². The zero-order valence-corrected chi connectivity index (χ0v) is 11.7. The van der Waals surface area contributed by atoms with Crippen molar-refractivity contribution in [1.82, 2.24) is 0 Å². The molecule has 1 unspecified atom stereocenters. The molecule has 0 amide bonds. The van der Waals surface area contributed by atoms with Gasteiger partial charge in [0.25, 0.3) is 0 Å². The van der Waals surface area contributed by atoms with E-state index < -0.39 is 0 Å². The van der Waals surface area contributed by atoms with Gasteiger partial charge in [0.2, 0.25) is 0 Å². The van der Waals surface area contributed by atoms with Gasteiger partial charge in [0, 0.05) is 6.54 Å². The van der Waals surface area contributed by atoms with E-state index in [1.165, 1.54) is 11.1 Å². The molecule has 0 aliphatic carbocycles. The van der Waals surface area contributed by atoms with Crippen molar-refractivity contribution in [3.05, 3.63) is 53.5 Å². The van der Waals surface area contributed by atoms with Gasteiger partial charge in [-0.3, -0.25) is 0 Å². The molecule has 0 spiro atoms. The monoisotopic (exact) mass is 259 g/mol. The Labute approximate surface area is 114 Å². The molecule has 0 aliphatic rings. The smallest absolute Gasteiger partial charge is 0.168 e. The predicted molar refractivity (Wildman–Crippen MR) is 76.4 cm³/mol. The fourth-order valence-corrected chi connectivity index (χ4v) is 2.23. The van der Waals surface area contributed by atoms with E-state index in [9.17, 15) is 0 Å². The van der Waals surface area contributed by atoms with Gasteiger partial charge in [0.15, 0.2) is 6.10 Å². The minimum absolute atomic E-state index is 0.237. The molecule has 2 rings (SSSR count). The molecule has 1 aromatic heterocycles. The lowest BCUT2D eigenvalue weighted by molar-refractivity contribution is 0.184. The van der Waals surface area contributed by atoms with Gasteiger partial charge in [-0.25, -0.2) is 0 Å². The Hall–Kier alpha value is -1.74. The quantitative estimate of drug-likeness (QED) is 0.888. The zero-order chi connectivity index (χ0) is 13.8. The highest BCUT2D eigenvalue weighted by atomic mass is 16.5. The van der Waals surface area contributed by atoms with Crippen LogP contribution in [0, 0.1) is 6.92 Å². The second-order valence-corrected chi connectivity index (χ2v) is 5.03. The highest BCUT2D eigenvalue weighted by Gasteiger charge is 2.15. The number of furan rings is 1. The van der Waals surface area contributed by atoms with Crippen LogP contribution in [0.1, 0.15) is 42.8 Å². The summed E-state index contributed by atoms with van der Waals surface area (Å²) < 4.78 is 11.3. The third-order valence-electron chi connectivity index (χ3n) is 3.22. The third-order valence-corrected chi connectivity index (χ3v) is 3.22. The fraction of sp³-hybridized carbons (Fsp3) is 0.375. The van der Waals surface area contributed by atoms with Crippen molar-refractivity contribution in [2.45, 2.75) is 32.8 Å². The van der Waals surface area contributed by atoms with Crippen LogP contribution < -0.4 is 10.5 Å². The number of ether oxygens (including phenoxy) is 1. The van der Waals surface area contributed by atoms with Gasteiger partial charge >= 0.3 is 0 Å². The number of rotatable bonds is 5. The second kappa shape index (κ2) is 5.93. The van der Waals surface area contributed by atoms with Gasteiger partial charge in [-0.1, -0.05) is 19.9 Å². The first-order chi connectivity index (χ1) is 9.11. The number of hydrogen-bond donors (Lipinski definition) is 1. The molecule has 1 atom stereocenters. The molecule has 0 saturated heterocycles. The molecule has 0 saturated carbocycles. The SMILES string of the molecule is Cc1cc(OC(CN)c2ccco2)ccc1C(C)C. The molecule has 0 radical (unpaired) electrons. The lowest BCUT2D eigenvalue weighted by Gasteiger charge is -2.17. The van der Waals surface area contributed by atoms with Gasteiger partial charge < -0.3 is 14.9 Å². The van der Waals surface area contributed by atoms with Crippen molar-refractivity contribution in [1.29, 1.82) is 0 Å². The molecule has 19 heavy (non-hydrogen) atoms. The molecule has 0 aliphatic heterocycles. The average Bonchev–Trinajstić information content (AvgIpc) is 2.89. The average molecular weight is 259 g/mol. The maximum absolute atomic E-state index is 5.90. The topological polar surface area (TPSA) is 48.4 Å². The zero-order valence-electron chi connectivity index (χ0n) is 11.7. The number of hydrogen-bond acceptors (Lipinski definition) is 3. The molecule has 2 aromatic rings. The van der Waals surface area contributed by atoms with Crippen LogP contribution in [0.3, 0.4) is 0 Å². The van der Waals surface area contributed by atoms with Crippen LogP contribution >= 0.6 is 0 Å². The second-order valence-electron chi connectivity index (χ2n) is 5.03. The molecule has 3 nitrogen and oxygen atoms in total. The Morgan fingerprint density at radius 2 is 2.05 bits per heavy atom. The highest BCUT2D eigenvalue weighted by Crippen LogP contribution is 2.27. The fourth-order valence-electron chi connectivity index (χ4n) is 2.23. The van der Waals surface area contributed by atoms with Crippen LogP contribution in [0.4, 0.5) is 0 Å². The van der Waals surface area contributed by atoms with Crippen molar-refractivity contribution in [3.8, 4) is 5.75 Å². The van der Waals surface area contributed by atoms with Crippen LogP contribution in [-0.4, -0.2) is 6.54 Å². The Balaban J connectivity index is 2.17. The van der Waals surface area contributed by atoms with E-state index >= 15 is 0 Å². The maximum atomic E-state index is 5.90. The summed E-state index contributed by atoms with van der Waals surface area (Å²) in [7, 11) is 0. The van der Waals surface area contributed by atoms with Crippen molar-refractivity contribution < 1.29 is 9.15 Å². The van der Waals surface area contributed by atoms with E-state index in [2.05, 4.69) is 32.9 Å². The molecule has 102 valence electrons. The summed E-state index contributed by atoms with van der Waals surface area (Å²) in [6.45, 7) is 6.87. The Kier molecular flexibility index (Phi) is 4.27. The normalized spacial score (nSPS) is 12.7. The minimum atomic E-state index is -0.237. The molecular formula is C16H21NO2. The van der Waals surface area contributed by atoms with Crippen LogP contribution in [-0.2, 0) is 0 Å². The first-order valence-corrected chi connectivity index (χ1v) is 6.62. The molecule has 1 aromatic carbocycles. The number of nitrogens with two attached hydrogens (primary N) is 1. The predicted octanol–water partition coefficient (Wildman–Crippen LogP) is 3.79. The van der Waals surface area contributed by atoms with E-state index in [0.29, 0.717) is 12.5 Å². The van der Waals surface area contributed by atoms with Crippen molar-refractivity contribution in [2.75, 3.05) is 6.54 Å².